The molecule has 7 nitrogen and oxygen atoms in total. The molecule has 0 saturated carbocycles. The highest BCUT2D eigenvalue weighted by Crippen LogP contribution is 2.39. The van der Waals surface area contributed by atoms with E-state index in [2.05, 4.69) is 10.3 Å². The maximum absolute atomic E-state index is 13.3. The van der Waals surface area contributed by atoms with Crippen molar-refractivity contribution in [2.45, 2.75) is 24.4 Å². The van der Waals surface area contributed by atoms with Crippen molar-refractivity contribution in [1.29, 1.82) is 0 Å². The van der Waals surface area contributed by atoms with Crippen LogP contribution < -0.4 is 14.4 Å². The van der Waals surface area contributed by atoms with Gasteiger partial charge in [-0.15, -0.1) is 0 Å². The molecular formula is C23H20F3N3O4S. The number of carbonyl (C=O) groups is 1. The summed E-state index contributed by atoms with van der Waals surface area (Å²) in [5, 5.41) is 2.47. The number of nitrogens with one attached hydrogen (secondary N) is 1. The second kappa shape index (κ2) is 8.64. The van der Waals surface area contributed by atoms with Crippen LogP contribution in [0.25, 0.3) is 0 Å². The number of hydrogen-bond donors (Lipinski definition) is 1. The van der Waals surface area contributed by atoms with Crippen LogP contribution in [0.3, 0.4) is 0 Å². The van der Waals surface area contributed by atoms with E-state index in [0.29, 0.717) is 29.2 Å². The number of alkyl halides is 3. The van der Waals surface area contributed by atoms with E-state index in [1.54, 1.807) is 24.3 Å². The molecule has 1 amide bonds. The van der Waals surface area contributed by atoms with E-state index in [1.165, 1.54) is 25.4 Å². The Bertz CT molecular complexity index is 1370. The van der Waals surface area contributed by atoms with Crippen molar-refractivity contribution in [2.75, 3.05) is 17.9 Å². The average Bonchev–Trinajstić information content (AvgIpc) is 3.22. The van der Waals surface area contributed by atoms with Crippen molar-refractivity contribution in [1.82, 2.24) is 10.3 Å². The molecule has 0 atom stereocenters. The zero-order chi connectivity index (χ0) is 24.7. The lowest BCUT2D eigenvalue weighted by Gasteiger charge is -2.22. The first-order valence-corrected chi connectivity index (χ1v) is 11.6. The number of ether oxygens (including phenoxy) is 1. The Morgan fingerprint density at radius 2 is 1.85 bits per heavy atom. The van der Waals surface area contributed by atoms with Gasteiger partial charge in [0.25, 0.3) is 15.9 Å². The maximum Gasteiger partial charge on any atom is 0.416 e. The Labute approximate surface area is 194 Å². The molecule has 0 bridgehead atoms. The number of halogens is 3. The van der Waals surface area contributed by atoms with Crippen molar-refractivity contribution in [3.8, 4) is 11.5 Å². The highest BCUT2D eigenvalue weighted by molar-refractivity contribution is 7.93. The molecular weight excluding hydrogens is 471 g/mol. The summed E-state index contributed by atoms with van der Waals surface area (Å²) in [6.45, 7) is 1.25. The number of hydrogen-bond acceptors (Lipinski definition) is 5. The van der Waals surface area contributed by atoms with Crippen LogP contribution in [0.15, 0.2) is 59.6 Å². The van der Waals surface area contributed by atoms with Crippen LogP contribution in [0, 0.1) is 6.92 Å². The summed E-state index contributed by atoms with van der Waals surface area (Å²) in [4.78, 5) is 15.4. The minimum Gasteiger partial charge on any atom is -0.457 e. The first-order chi connectivity index (χ1) is 16.0. The summed E-state index contributed by atoms with van der Waals surface area (Å²) in [7, 11) is -2.73. The molecule has 2 heterocycles. The number of benzene rings is 2. The van der Waals surface area contributed by atoms with Gasteiger partial charge in [-0.3, -0.25) is 14.1 Å². The molecule has 0 radical (unpaired) electrons. The Hall–Kier alpha value is -3.60. The third kappa shape index (κ3) is 4.30. The first kappa shape index (κ1) is 23.6. The number of amides is 1. The fourth-order valence-electron chi connectivity index (χ4n) is 3.84. The number of pyridine rings is 1. The van der Waals surface area contributed by atoms with E-state index in [0.717, 1.165) is 23.4 Å². The number of fused-ring (bicyclic) bond motifs is 1. The highest BCUT2D eigenvalue weighted by atomic mass is 32.2. The summed E-state index contributed by atoms with van der Waals surface area (Å²) in [5.41, 5.74) is -0.0932. The SMILES string of the molecule is CNC(=O)c1cc(Oc2ccc3c(c2)CCN3S(=O)(=O)c2cccc(C(F)(F)F)c2C)ccn1. The molecule has 3 aromatic rings. The number of anilines is 1. The quantitative estimate of drug-likeness (QED) is 0.575. The van der Waals surface area contributed by atoms with Crippen LogP contribution in [-0.2, 0) is 22.6 Å². The predicted octanol–water partition coefficient (Wildman–Crippen LogP) is 4.31. The molecule has 0 fully saturated rings. The van der Waals surface area contributed by atoms with Crippen LogP contribution in [0.1, 0.15) is 27.2 Å². The van der Waals surface area contributed by atoms with Crippen LogP contribution in [0.2, 0.25) is 0 Å². The lowest BCUT2D eigenvalue weighted by molar-refractivity contribution is -0.138. The molecule has 4 rings (SSSR count). The minimum atomic E-state index is -4.66. The van der Waals surface area contributed by atoms with Gasteiger partial charge in [0.15, 0.2) is 0 Å². The van der Waals surface area contributed by atoms with Gasteiger partial charge in [-0.1, -0.05) is 6.07 Å². The smallest absolute Gasteiger partial charge is 0.416 e. The zero-order valence-corrected chi connectivity index (χ0v) is 19.0. The molecule has 11 heteroatoms. The summed E-state index contributed by atoms with van der Waals surface area (Å²) in [5.74, 6) is 0.419. The standard InChI is InChI=1S/C23H20F3N3O4S/c1-14-18(23(24,25)26)4-3-5-21(14)34(31,32)29-11-9-15-12-16(6-7-20(15)29)33-17-8-10-28-19(13-17)22(30)27-2/h3-8,10,12-13H,9,11H2,1-2H3,(H,27,30). The third-order valence-electron chi connectivity index (χ3n) is 5.49. The van der Waals surface area contributed by atoms with Gasteiger partial charge >= 0.3 is 6.18 Å². The van der Waals surface area contributed by atoms with Crippen molar-refractivity contribution < 1.29 is 31.1 Å². The van der Waals surface area contributed by atoms with Crippen LogP contribution in [-0.4, -0.2) is 32.9 Å². The van der Waals surface area contributed by atoms with E-state index in [1.807, 2.05) is 0 Å². The molecule has 1 aromatic heterocycles. The van der Waals surface area contributed by atoms with Gasteiger partial charge in [0, 0.05) is 25.9 Å². The summed E-state index contributed by atoms with van der Waals surface area (Å²) in [6, 6.07) is 11.0. The molecule has 178 valence electrons. The molecule has 0 unspecified atom stereocenters. The molecule has 1 aliphatic rings. The Kier molecular flexibility index (Phi) is 5.98. The largest absolute Gasteiger partial charge is 0.457 e. The second-order valence-electron chi connectivity index (χ2n) is 7.60. The second-order valence-corrected chi connectivity index (χ2v) is 9.43. The lowest BCUT2D eigenvalue weighted by atomic mass is 10.1. The summed E-state index contributed by atoms with van der Waals surface area (Å²) in [6.07, 6.45) is -2.86. The highest BCUT2D eigenvalue weighted by Gasteiger charge is 2.37. The Morgan fingerprint density at radius 3 is 2.56 bits per heavy atom. The van der Waals surface area contributed by atoms with Crippen molar-refractivity contribution in [3.05, 3.63) is 77.1 Å². The van der Waals surface area contributed by atoms with Gasteiger partial charge < -0.3 is 10.1 Å². The summed E-state index contributed by atoms with van der Waals surface area (Å²) < 4.78 is 73.4. The summed E-state index contributed by atoms with van der Waals surface area (Å²) >= 11 is 0. The maximum atomic E-state index is 13.3. The van der Waals surface area contributed by atoms with Gasteiger partial charge in [0.05, 0.1) is 16.1 Å². The molecule has 0 spiro atoms. The predicted molar refractivity (Wildman–Crippen MR) is 119 cm³/mol. The minimum absolute atomic E-state index is 0.0902. The van der Waals surface area contributed by atoms with Crippen molar-refractivity contribution in [2.24, 2.45) is 0 Å². The molecule has 1 aliphatic heterocycles. The number of nitrogens with zero attached hydrogens (tertiary/aromatic N) is 2. The molecule has 2 aromatic carbocycles. The van der Waals surface area contributed by atoms with Crippen LogP contribution in [0.4, 0.5) is 18.9 Å². The van der Waals surface area contributed by atoms with Crippen LogP contribution >= 0.6 is 0 Å². The fourth-order valence-corrected chi connectivity index (χ4v) is 5.60. The molecule has 0 saturated heterocycles. The zero-order valence-electron chi connectivity index (χ0n) is 18.2. The lowest BCUT2D eigenvalue weighted by Crippen LogP contribution is -2.30. The van der Waals surface area contributed by atoms with E-state index in [-0.39, 0.29) is 28.6 Å². The van der Waals surface area contributed by atoms with Gasteiger partial charge in [0.2, 0.25) is 0 Å². The number of carbonyl (C=O) groups excluding carboxylic acids is 1. The fraction of sp³-hybridized carbons (Fsp3) is 0.217. The first-order valence-electron chi connectivity index (χ1n) is 10.2. The normalized spacial score (nSPS) is 13.5. The van der Waals surface area contributed by atoms with E-state index in [4.69, 9.17) is 4.74 Å². The van der Waals surface area contributed by atoms with Gasteiger partial charge in [-0.25, -0.2) is 8.42 Å². The molecule has 1 N–H and O–H groups in total. The van der Waals surface area contributed by atoms with E-state index >= 15 is 0 Å². The van der Waals surface area contributed by atoms with Crippen molar-refractivity contribution >= 4 is 21.6 Å². The molecule has 0 aliphatic carbocycles. The Morgan fingerprint density at radius 1 is 1.12 bits per heavy atom. The number of sulfonamides is 1. The van der Waals surface area contributed by atoms with Crippen molar-refractivity contribution in [3.63, 3.8) is 0 Å². The Balaban J connectivity index is 1.63. The molecule has 34 heavy (non-hydrogen) atoms. The van der Waals surface area contributed by atoms with E-state index < -0.39 is 21.8 Å². The van der Waals surface area contributed by atoms with Crippen LogP contribution in [0.5, 0.6) is 11.5 Å². The topological polar surface area (TPSA) is 88.6 Å². The number of rotatable bonds is 5. The average molecular weight is 491 g/mol. The monoisotopic (exact) mass is 491 g/mol. The van der Waals surface area contributed by atoms with Gasteiger partial charge in [0.1, 0.15) is 17.2 Å². The van der Waals surface area contributed by atoms with E-state index in [9.17, 15) is 26.4 Å². The van der Waals surface area contributed by atoms with Gasteiger partial charge in [-0.05, 0) is 60.9 Å². The third-order valence-corrected chi connectivity index (χ3v) is 7.45. The van der Waals surface area contributed by atoms with Gasteiger partial charge in [-0.2, -0.15) is 13.2 Å². The number of aromatic nitrogens is 1.